The van der Waals surface area contributed by atoms with Gasteiger partial charge in [-0.1, -0.05) is 36.0 Å². The number of thiophene rings is 1. The van der Waals surface area contributed by atoms with E-state index in [4.69, 9.17) is 9.72 Å². The highest BCUT2D eigenvalue weighted by molar-refractivity contribution is 7.98. The zero-order valence-electron chi connectivity index (χ0n) is 18.1. The highest BCUT2D eigenvalue weighted by Crippen LogP contribution is 2.33. The van der Waals surface area contributed by atoms with Gasteiger partial charge in [-0.25, -0.2) is 4.98 Å². The molecule has 170 valence electrons. The van der Waals surface area contributed by atoms with Crippen LogP contribution in [0.5, 0.6) is 0 Å². The molecular formula is C23H23N5O2S3. The van der Waals surface area contributed by atoms with Crippen molar-refractivity contribution in [3.8, 4) is 10.7 Å². The fourth-order valence-electron chi connectivity index (χ4n) is 3.75. The Bertz CT molecular complexity index is 1200. The van der Waals surface area contributed by atoms with E-state index >= 15 is 0 Å². The number of rotatable bonds is 8. The minimum Gasteiger partial charge on any atom is -0.376 e. The van der Waals surface area contributed by atoms with Crippen molar-refractivity contribution in [2.75, 3.05) is 11.5 Å². The first kappa shape index (κ1) is 22.3. The summed E-state index contributed by atoms with van der Waals surface area (Å²) in [7, 11) is 0. The van der Waals surface area contributed by atoms with Gasteiger partial charge in [-0.05, 0) is 36.4 Å². The Morgan fingerprint density at radius 3 is 2.82 bits per heavy atom. The molecule has 0 N–H and O–H groups in total. The van der Waals surface area contributed by atoms with E-state index in [0.29, 0.717) is 10.9 Å². The zero-order chi connectivity index (χ0) is 22.6. The first-order valence-electron chi connectivity index (χ1n) is 10.7. The van der Waals surface area contributed by atoms with Crippen LogP contribution < -0.4 is 4.90 Å². The minimum absolute atomic E-state index is 0.0633. The molecule has 1 aromatic carbocycles. The Labute approximate surface area is 204 Å². The number of thioether (sulfide) groups is 1. The Balaban J connectivity index is 1.34. The van der Waals surface area contributed by atoms with Crippen molar-refractivity contribution < 1.29 is 9.53 Å². The quantitative estimate of drug-likeness (QED) is 0.294. The van der Waals surface area contributed by atoms with Crippen molar-refractivity contribution in [2.45, 2.75) is 43.3 Å². The predicted molar refractivity (Wildman–Crippen MR) is 133 cm³/mol. The van der Waals surface area contributed by atoms with E-state index in [9.17, 15) is 4.79 Å². The zero-order valence-corrected chi connectivity index (χ0v) is 20.5. The normalized spacial score (nSPS) is 15.7. The molecule has 3 aromatic heterocycles. The van der Waals surface area contributed by atoms with Gasteiger partial charge < -0.3 is 4.74 Å². The number of ether oxygens (including phenoxy) is 1. The standard InChI is InChI=1S/C23H23N5O2S3/c1-16(29)28(18-7-3-2-4-8-18)22-24-17(14-32-22)15-33-23-26-25-21(20-10-6-12-31-20)27(23)13-19-9-5-11-30-19/h2-4,6-8,10,12,14,19H,5,9,11,13,15H2,1H3. The number of hydrogen-bond acceptors (Lipinski definition) is 8. The highest BCUT2D eigenvalue weighted by Gasteiger charge is 2.23. The molecule has 0 saturated carbocycles. The summed E-state index contributed by atoms with van der Waals surface area (Å²) in [6.45, 7) is 3.12. The molecule has 33 heavy (non-hydrogen) atoms. The maximum Gasteiger partial charge on any atom is 0.230 e. The number of aromatic nitrogens is 4. The molecular weight excluding hydrogens is 474 g/mol. The average Bonchev–Trinajstić information content (AvgIpc) is 3.62. The fourth-order valence-corrected chi connectivity index (χ4v) is 6.30. The van der Waals surface area contributed by atoms with Crippen LogP contribution in [-0.2, 0) is 21.8 Å². The van der Waals surface area contributed by atoms with Crippen molar-refractivity contribution in [3.05, 3.63) is 58.9 Å². The molecule has 1 amide bonds. The molecule has 1 atom stereocenters. The lowest BCUT2D eigenvalue weighted by molar-refractivity contribution is -0.115. The summed E-state index contributed by atoms with van der Waals surface area (Å²) in [6, 6.07) is 13.7. The first-order chi connectivity index (χ1) is 16.2. The van der Waals surface area contributed by atoms with Crippen molar-refractivity contribution in [2.24, 2.45) is 0 Å². The number of carbonyl (C=O) groups excluding carboxylic acids is 1. The van der Waals surface area contributed by atoms with Gasteiger partial charge in [0.25, 0.3) is 0 Å². The van der Waals surface area contributed by atoms with Gasteiger partial charge in [-0.2, -0.15) is 0 Å². The molecule has 1 aliphatic heterocycles. The Morgan fingerprint density at radius 2 is 2.09 bits per heavy atom. The number of carbonyl (C=O) groups is 1. The Kier molecular flexibility index (Phi) is 6.86. The maximum atomic E-state index is 12.3. The number of benzene rings is 1. The summed E-state index contributed by atoms with van der Waals surface area (Å²) in [5.74, 6) is 1.46. The monoisotopic (exact) mass is 497 g/mol. The molecule has 1 saturated heterocycles. The van der Waals surface area contributed by atoms with Gasteiger partial charge in [0.2, 0.25) is 5.91 Å². The number of amides is 1. The van der Waals surface area contributed by atoms with Crippen molar-refractivity contribution in [3.63, 3.8) is 0 Å². The molecule has 1 aliphatic rings. The third kappa shape index (κ3) is 5.03. The van der Waals surface area contributed by atoms with Gasteiger partial charge in [0.1, 0.15) is 0 Å². The summed E-state index contributed by atoms with van der Waals surface area (Å²) in [4.78, 5) is 19.8. The molecule has 5 rings (SSSR count). The maximum absolute atomic E-state index is 12.3. The van der Waals surface area contributed by atoms with E-state index in [1.807, 2.05) is 41.8 Å². The van der Waals surface area contributed by atoms with Gasteiger partial charge in [-0.15, -0.1) is 32.9 Å². The van der Waals surface area contributed by atoms with Crippen LogP contribution in [0.2, 0.25) is 0 Å². The third-order valence-electron chi connectivity index (χ3n) is 5.28. The average molecular weight is 498 g/mol. The van der Waals surface area contributed by atoms with Crippen molar-refractivity contribution in [1.29, 1.82) is 0 Å². The lowest BCUT2D eigenvalue weighted by atomic mass is 10.2. The largest absolute Gasteiger partial charge is 0.376 e. The highest BCUT2D eigenvalue weighted by atomic mass is 32.2. The summed E-state index contributed by atoms with van der Waals surface area (Å²) in [5.41, 5.74) is 1.72. The van der Waals surface area contributed by atoms with Gasteiger partial charge in [-0.3, -0.25) is 14.3 Å². The SMILES string of the molecule is CC(=O)N(c1ccccc1)c1nc(CSc2nnc(-c3cccs3)n2CC2CCCO2)cs1. The second-order valence-electron chi connectivity index (χ2n) is 7.63. The van der Waals surface area contributed by atoms with Crippen LogP contribution in [0.15, 0.2) is 58.4 Å². The number of anilines is 2. The third-order valence-corrected chi connectivity index (χ3v) is 8.02. The molecule has 4 aromatic rings. The van der Waals surface area contributed by atoms with E-state index in [1.54, 1.807) is 34.9 Å². The molecule has 4 heterocycles. The Morgan fingerprint density at radius 1 is 1.21 bits per heavy atom. The predicted octanol–water partition coefficient (Wildman–Crippen LogP) is 5.62. The van der Waals surface area contributed by atoms with E-state index < -0.39 is 0 Å². The molecule has 0 spiro atoms. The molecule has 0 aliphatic carbocycles. The topological polar surface area (TPSA) is 73.1 Å². The summed E-state index contributed by atoms with van der Waals surface area (Å²) in [6.07, 6.45) is 2.35. The van der Waals surface area contributed by atoms with E-state index in [-0.39, 0.29) is 12.0 Å². The summed E-state index contributed by atoms with van der Waals surface area (Å²) < 4.78 is 8.05. The number of nitrogens with zero attached hydrogens (tertiary/aromatic N) is 5. The number of thiazole rings is 1. The fraction of sp³-hybridized carbons (Fsp3) is 0.304. The van der Waals surface area contributed by atoms with Gasteiger partial charge >= 0.3 is 0 Å². The molecule has 0 bridgehead atoms. The van der Waals surface area contributed by atoms with Gasteiger partial charge in [0.15, 0.2) is 16.1 Å². The summed E-state index contributed by atoms with van der Waals surface area (Å²) in [5, 5.41) is 14.6. The van der Waals surface area contributed by atoms with Crippen LogP contribution in [0.25, 0.3) is 10.7 Å². The lowest BCUT2D eigenvalue weighted by Gasteiger charge is -2.17. The lowest BCUT2D eigenvalue weighted by Crippen LogP contribution is -2.22. The van der Waals surface area contributed by atoms with Crippen LogP contribution in [0.3, 0.4) is 0 Å². The van der Waals surface area contributed by atoms with Crippen LogP contribution in [0.4, 0.5) is 10.8 Å². The van der Waals surface area contributed by atoms with Crippen LogP contribution in [0.1, 0.15) is 25.5 Å². The molecule has 0 radical (unpaired) electrons. The van der Waals surface area contributed by atoms with Gasteiger partial charge in [0, 0.05) is 24.7 Å². The van der Waals surface area contributed by atoms with E-state index in [1.165, 1.54) is 11.3 Å². The summed E-state index contributed by atoms with van der Waals surface area (Å²) >= 11 is 4.74. The second kappa shape index (κ2) is 10.2. The smallest absolute Gasteiger partial charge is 0.230 e. The van der Waals surface area contributed by atoms with Gasteiger partial charge in [0.05, 0.1) is 28.9 Å². The Hall–Kier alpha value is -2.53. The molecule has 7 nitrogen and oxygen atoms in total. The van der Waals surface area contributed by atoms with Crippen molar-refractivity contribution in [1.82, 2.24) is 19.7 Å². The van der Waals surface area contributed by atoms with E-state index in [0.717, 1.165) is 53.2 Å². The number of hydrogen-bond donors (Lipinski definition) is 0. The molecule has 1 fully saturated rings. The minimum atomic E-state index is -0.0633. The van der Waals surface area contributed by atoms with E-state index in [2.05, 4.69) is 26.2 Å². The first-order valence-corrected chi connectivity index (χ1v) is 13.4. The van der Waals surface area contributed by atoms with Crippen LogP contribution in [-0.4, -0.2) is 38.4 Å². The second-order valence-corrected chi connectivity index (χ2v) is 10.4. The van der Waals surface area contributed by atoms with Crippen molar-refractivity contribution >= 4 is 51.2 Å². The number of para-hydroxylation sites is 1. The van der Waals surface area contributed by atoms with Crippen LogP contribution in [0, 0.1) is 0 Å². The van der Waals surface area contributed by atoms with Crippen LogP contribution >= 0.6 is 34.4 Å². The molecule has 10 heteroatoms. The molecule has 1 unspecified atom stereocenters.